The topological polar surface area (TPSA) is 79.0 Å². The van der Waals surface area contributed by atoms with Crippen LogP contribution in [0.4, 0.5) is 5.69 Å². The third-order valence-electron chi connectivity index (χ3n) is 2.65. The lowest BCUT2D eigenvalue weighted by Gasteiger charge is -2.10. The van der Waals surface area contributed by atoms with Gasteiger partial charge in [0.2, 0.25) is 0 Å². The van der Waals surface area contributed by atoms with Gasteiger partial charge < -0.3 is 15.4 Å². The van der Waals surface area contributed by atoms with E-state index >= 15 is 0 Å². The Morgan fingerprint density at radius 1 is 1.33 bits per heavy atom. The molecule has 110 valence electrons. The van der Waals surface area contributed by atoms with E-state index in [1.54, 1.807) is 37.4 Å². The van der Waals surface area contributed by atoms with Gasteiger partial charge in [-0.3, -0.25) is 5.10 Å². The first-order valence-electron chi connectivity index (χ1n) is 6.49. The van der Waals surface area contributed by atoms with Gasteiger partial charge in [-0.1, -0.05) is 0 Å². The van der Waals surface area contributed by atoms with Gasteiger partial charge in [0.25, 0.3) is 0 Å². The fraction of sp³-hybridized carbons (Fsp3) is 0.214. The van der Waals surface area contributed by atoms with Crippen molar-refractivity contribution in [2.45, 2.75) is 13.5 Å². The average Bonchev–Trinajstić information content (AvgIpc) is 2.99. The Hall–Kier alpha value is -2.41. The Kier molecular flexibility index (Phi) is 5.28. The van der Waals surface area contributed by atoms with Crippen LogP contribution in [0.5, 0.6) is 0 Å². The van der Waals surface area contributed by atoms with E-state index < -0.39 is 0 Å². The number of thiocarbonyl (C=S) groups is 1. The standard InChI is InChI=1S/C14H16N4O2S/c1-2-20-13(19)10-3-5-11(6-4-10)17-14(21)15-9-12-7-8-16-18-12/h3-8H,2,9H2,1H3,(H,16,18)(H2,15,17,21). The Morgan fingerprint density at radius 3 is 2.71 bits per heavy atom. The molecule has 3 N–H and O–H groups in total. The van der Waals surface area contributed by atoms with Crippen LogP contribution < -0.4 is 10.6 Å². The molecule has 0 spiro atoms. The van der Waals surface area contributed by atoms with Crippen LogP contribution in [0.25, 0.3) is 0 Å². The Bertz CT molecular complexity index is 596. The van der Waals surface area contributed by atoms with Gasteiger partial charge in [-0.2, -0.15) is 5.10 Å². The van der Waals surface area contributed by atoms with Gasteiger partial charge in [-0.15, -0.1) is 0 Å². The summed E-state index contributed by atoms with van der Waals surface area (Å²) in [5.41, 5.74) is 2.25. The van der Waals surface area contributed by atoms with E-state index in [2.05, 4.69) is 20.8 Å². The van der Waals surface area contributed by atoms with Crippen molar-refractivity contribution in [2.24, 2.45) is 0 Å². The van der Waals surface area contributed by atoms with Gasteiger partial charge in [0.05, 0.1) is 24.4 Å². The van der Waals surface area contributed by atoms with Gasteiger partial charge in [-0.05, 0) is 49.5 Å². The molecule has 0 saturated carbocycles. The van der Waals surface area contributed by atoms with Gasteiger partial charge in [0.1, 0.15) is 0 Å². The third-order valence-corrected chi connectivity index (χ3v) is 2.90. The molecule has 2 aromatic rings. The van der Waals surface area contributed by atoms with Crippen molar-refractivity contribution < 1.29 is 9.53 Å². The summed E-state index contributed by atoms with van der Waals surface area (Å²) in [4.78, 5) is 11.5. The number of aromatic nitrogens is 2. The summed E-state index contributed by atoms with van der Waals surface area (Å²) in [5, 5.41) is 13.3. The maximum atomic E-state index is 11.5. The van der Waals surface area contributed by atoms with E-state index in [4.69, 9.17) is 17.0 Å². The molecule has 0 amide bonds. The number of H-pyrrole nitrogens is 1. The zero-order valence-corrected chi connectivity index (χ0v) is 12.4. The first kappa shape index (κ1) is 15.0. The van der Waals surface area contributed by atoms with Gasteiger partial charge in [0, 0.05) is 11.9 Å². The van der Waals surface area contributed by atoms with Crippen LogP contribution in [0.15, 0.2) is 36.5 Å². The second-order valence-electron chi connectivity index (χ2n) is 4.19. The van der Waals surface area contributed by atoms with Gasteiger partial charge >= 0.3 is 5.97 Å². The zero-order chi connectivity index (χ0) is 15.1. The minimum atomic E-state index is -0.330. The summed E-state index contributed by atoms with van der Waals surface area (Å²) in [7, 11) is 0. The van der Waals surface area contributed by atoms with Crippen molar-refractivity contribution >= 4 is 29.0 Å². The lowest BCUT2D eigenvalue weighted by atomic mass is 10.2. The van der Waals surface area contributed by atoms with Crippen molar-refractivity contribution in [3.8, 4) is 0 Å². The zero-order valence-electron chi connectivity index (χ0n) is 11.6. The maximum Gasteiger partial charge on any atom is 0.338 e. The number of benzene rings is 1. The van der Waals surface area contributed by atoms with Crippen LogP contribution in [0, 0.1) is 0 Å². The molecule has 0 radical (unpaired) electrons. The van der Waals surface area contributed by atoms with Crippen molar-refractivity contribution in [3.05, 3.63) is 47.8 Å². The molecule has 1 aromatic carbocycles. The van der Waals surface area contributed by atoms with E-state index in [0.29, 0.717) is 23.8 Å². The first-order valence-corrected chi connectivity index (χ1v) is 6.90. The van der Waals surface area contributed by atoms with Crippen LogP contribution in [0.2, 0.25) is 0 Å². The highest BCUT2D eigenvalue weighted by molar-refractivity contribution is 7.80. The fourth-order valence-corrected chi connectivity index (χ4v) is 1.83. The van der Waals surface area contributed by atoms with Crippen molar-refractivity contribution in [2.75, 3.05) is 11.9 Å². The summed E-state index contributed by atoms with van der Waals surface area (Å²) in [5.74, 6) is -0.330. The van der Waals surface area contributed by atoms with Crippen molar-refractivity contribution in [1.29, 1.82) is 0 Å². The van der Waals surface area contributed by atoms with Crippen LogP contribution in [0.1, 0.15) is 23.0 Å². The molecule has 0 aliphatic heterocycles. The number of esters is 1. The largest absolute Gasteiger partial charge is 0.462 e. The predicted octanol–water partition coefficient (Wildman–Crippen LogP) is 2.07. The Morgan fingerprint density at radius 2 is 2.10 bits per heavy atom. The van der Waals surface area contributed by atoms with E-state index in [-0.39, 0.29) is 5.97 Å². The Labute approximate surface area is 127 Å². The number of hydrogen-bond acceptors (Lipinski definition) is 4. The predicted molar refractivity (Wildman–Crippen MR) is 84.0 cm³/mol. The molecule has 6 nitrogen and oxygen atoms in total. The number of hydrogen-bond donors (Lipinski definition) is 3. The molecule has 7 heteroatoms. The van der Waals surface area contributed by atoms with E-state index in [0.717, 1.165) is 11.4 Å². The summed E-state index contributed by atoms with van der Waals surface area (Å²) >= 11 is 5.19. The van der Waals surface area contributed by atoms with Crippen LogP contribution in [-0.2, 0) is 11.3 Å². The molecule has 0 bridgehead atoms. The molecule has 0 aliphatic carbocycles. The van der Waals surface area contributed by atoms with Crippen molar-refractivity contribution in [3.63, 3.8) is 0 Å². The highest BCUT2D eigenvalue weighted by Gasteiger charge is 2.06. The quantitative estimate of drug-likeness (QED) is 0.580. The summed E-state index contributed by atoms with van der Waals surface area (Å²) in [6.45, 7) is 2.70. The monoisotopic (exact) mass is 304 g/mol. The van der Waals surface area contributed by atoms with Crippen LogP contribution >= 0.6 is 12.2 Å². The first-order chi connectivity index (χ1) is 10.2. The number of nitrogens with one attached hydrogen (secondary N) is 3. The number of carbonyl (C=O) groups excluding carboxylic acids is 1. The molecule has 21 heavy (non-hydrogen) atoms. The van der Waals surface area contributed by atoms with Crippen molar-refractivity contribution in [1.82, 2.24) is 15.5 Å². The minimum absolute atomic E-state index is 0.330. The molecule has 0 aliphatic rings. The molecule has 0 atom stereocenters. The molecule has 0 unspecified atom stereocenters. The second kappa shape index (κ2) is 7.39. The van der Waals surface area contributed by atoms with Gasteiger partial charge in [0.15, 0.2) is 5.11 Å². The van der Waals surface area contributed by atoms with Crippen LogP contribution in [-0.4, -0.2) is 27.9 Å². The highest BCUT2D eigenvalue weighted by Crippen LogP contribution is 2.10. The number of anilines is 1. The normalized spacial score (nSPS) is 9.95. The summed E-state index contributed by atoms with van der Waals surface area (Å²) in [6, 6.07) is 8.80. The molecule has 0 saturated heterocycles. The average molecular weight is 304 g/mol. The molecular weight excluding hydrogens is 288 g/mol. The Balaban J connectivity index is 1.85. The van der Waals surface area contributed by atoms with E-state index in [1.165, 1.54) is 0 Å². The lowest BCUT2D eigenvalue weighted by molar-refractivity contribution is 0.0526. The molecule has 0 fully saturated rings. The number of aromatic amines is 1. The summed E-state index contributed by atoms with van der Waals surface area (Å²) < 4.78 is 4.92. The smallest absolute Gasteiger partial charge is 0.338 e. The molecule has 2 rings (SSSR count). The SMILES string of the molecule is CCOC(=O)c1ccc(NC(=S)NCc2ccn[nH]2)cc1. The van der Waals surface area contributed by atoms with Crippen LogP contribution in [0.3, 0.4) is 0 Å². The summed E-state index contributed by atoms with van der Waals surface area (Å²) in [6.07, 6.45) is 1.68. The highest BCUT2D eigenvalue weighted by atomic mass is 32.1. The molecule has 1 heterocycles. The minimum Gasteiger partial charge on any atom is -0.462 e. The van der Waals surface area contributed by atoms with E-state index in [1.807, 2.05) is 6.07 Å². The third kappa shape index (κ3) is 4.57. The second-order valence-corrected chi connectivity index (χ2v) is 4.60. The number of carbonyl (C=O) groups is 1. The lowest BCUT2D eigenvalue weighted by Crippen LogP contribution is -2.28. The van der Waals surface area contributed by atoms with E-state index in [9.17, 15) is 4.79 Å². The number of ether oxygens (including phenoxy) is 1. The number of nitrogens with zero attached hydrogens (tertiary/aromatic N) is 1. The molecular formula is C14H16N4O2S. The maximum absolute atomic E-state index is 11.5. The van der Waals surface area contributed by atoms with Gasteiger partial charge in [-0.25, -0.2) is 4.79 Å². The fourth-order valence-electron chi connectivity index (χ4n) is 1.64. The molecule has 1 aromatic heterocycles. The number of rotatable bonds is 5.